The summed E-state index contributed by atoms with van der Waals surface area (Å²) in [6.07, 6.45) is 3.38. The normalized spacial score (nSPS) is 18.3. The number of hydrogen-bond donors (Lipinski definition) is 2. The first-order valence-electron chi connectivity index (χ1n) is 11.1. The standard InChI is InChI=1S/C23H25N9O/c1-29-11-13-30(14-12-29)17-6-4-16(5-7-17)27-22-26-15-18-20(28-22)31-10-9-25-23(31)32(21(18)33)19-3-2-8-24-19/h2-8,15,24H,9-14H2,1H3,(H,26,27,28). The third-order valence-corrected chi connectivity index (χ3v) is 6.29. The summed E-state index contributed by atoms with van der Waals surface area (Å²) in [4.78, 5) is 38.3. The number of nitrogens with zero attached hydrogens (tertiary/aromatic N) is 7. The summed E-state index contributed by atoms with van der Waals surface area (Å²) < 4.78 is 0. The molecule has 6 rings (SSSR count). The van der Waals surface area contributed by atoms with Crippen LogP contribution in [0.25, 0.3) is 0 Å². The van der Waals surface area contributed by atoms with Crippen molar-refractivity contribution in [2.45, 2.75) is 0 Å². The molecule has 0 unspecified atom stereocenters. The molecule has 3 aromatic rings. The minimum absolute atomic E-state index is 0.188. The first kappa shape index (κ1) is 19.7. The van der Waals surface area contributed by atoms with Gasteiger partial charge in [-0.05, 0) is 43.4 Å². The van der Waals surface area contributed by atoms with Gasteiger partial charge in [-0.3, -0.25) is 14.7 Å². The van der Waals surface area contributed by atoms with Crippen molar-refractivity contribution < 1.29 is 4.79 Å². The number of aromatic amines is 1. The molecule has 0 aliphatic carbocycles. The number of aliphatic imine (C=N–C) groups is 1. The van der Waals surface area contributed by atoms with Gasteiger partial charge in [0.15, 0.2) is 5.82 Å². The lowest BCUT2D eigenvalue weighted by molar-refractivity contribution is 0.0999. The van der Waals surface area contributed by atoms with E-state index in [-0.39, 0.29) is 5.91 Å². The Morgan fingerprint density at radius 2 is 1.85 bits per heavy atom. The molecule has 3 aliphatic rings. The molecule has 5 heterocycles. The van der Waals surface area contributed by atoms with E-state index in [9.17, 15) is 4.79 Å². The van der Waals surface area contributed by atoms with Crippen LogP contribution in [-0.4, -0.2) is 78.0 Å². The second-order valence-corrected chi connectivity index (χ2v) is 8.42. The fourth-order valence-electron chi connectivity index (χ4n) is 4.45. The minimum atomic E-state index is -0.188. The number of guanidine groups is 1. The van der Waals surface area contributed by atoms with E-state index >= 15 is 0 Å². The number of anilines is 5. The fourth-order valence-corrected chi connectivity index (χ4v) is 4.45. The lowest BCUT2D eigenvalue weighted by Crippen LogP contribution is -2.51. The van der Waals surface area contributed by atoms with Gasteiger partial charge in [-0.1, -0.05) is 0 Å². The SMILES string of the molecule is CN1CCN(c2ccc(Nc3ncc4c(n3)N3CCN=C3N(c3ccc[nH]3)C4=O)cc2)CC1. The summed E-state index contributed by atoms with van der Waals surface area (Å²) in [7, 11) is 2.16. The van der Waals surface area contributed by atoms with Crippen molar-refractivity contribution in [3.63, 3.8) is 0 Å². The summed E-state index contributed by atoms with van der Waals surface area (Å²) in [6, 6.07) is 12.0. The van der Waals surface area contributed by atoms with Crippen LogP contribution in [-0.2, 0) is 0 Å². The van der Waals surface area contributed by atoms with Gasteiger partial charge in [-0.25, -0.2) is 9.88 Å². The number of carbonyl (C=O) groups excluding carboxylic acids is 1. The molecule has 1 amide bonds. The highest BCUT2D eigenvalue weighted by Gasteiger charge is 2.40. The van der Waals surface area contributed by atoms with E-state index in [1.807, 2.05) is 29.2 Å². The molecule has 2 N–H and O–H groups in total. The van der Waals surface area contributed by atoms with E-state index < -0.39 is 0 Å². The van der Waals surface area contributed by atoms with Gasteiger partial charge in [-0.15, -0.1) is 0 Å². The zero-order valence-corrected chi connectivity index (χ0v) is 18.4. The number of H-pyrrole nitrogens is 1. The molecule has 168 valence electrons. The summed E-state index contributed by atoms with van der Waals surface area (Å²) >= 11 is 0. The lowest BCUT2D eigenvalue weighted by Gasteiger charge is -2.34. The zero-order valence-electron chi connectivity index (χ0n) is 18.4. The predicted octanol–water partition coefficient (Wildman–Crippen LogP) is 2.14. The van der Waals surface area contributed by atoms with Crippen molar-refractivity contribution in [3.8, 4) is 0 Å². The topological polar surface area (TPSA) is 96.0 Å². The summed E-state index contributed by atoms with van der Waals surface area (Å²) in [6.45, 7) is 5.49. The molecule has 1 fully saturated rings. The quantitative estimate of drug-likeness (QED) is 0.638. The van der Waals surface area contributed by atoms with Gasteiger partial charge < -0.3 is 20.1 Å². The lowest BCUT2D eigenvalue weighted by atomic mass is 10.2. The Balaban J connectivity index is 1.24. The third-order valence-electron chi connectivity index (χ3n) is 6.29. The molecule has 3 aliphatic heterocycles. The Kier molecular flexibility index (Phi) is 4.72. The Morgan fingerprint density at radius 1 is 1.03 bits per heavy atom. The Labute approximate surface area is 191 Å². The number of likely N-dealkylation sites (N-methyl/N-ethyl adjacent to an activating group) is 1. The van der Waals surface area contributed by atoms with Crippen LogP contribution in [0.4, 0.5) is 29.0 Å². The van der Waals surface area contributed by atoms with Crippen LogP contribution in [0.5, 0.6) is 0 Å². The van der Waals surface area contributed by atoms with Gasteiger partial charge in [0, 0.05) is 56.5 Å². The monoisotopic (exact) mass is 443 g/mol. The van der Waals surface area contributed by atoms with Crippen LogP contribution in [0.2, 0.25) is 0 Å². The van der Waals surface area contributed by atoms with Crippen molar-refractivity contribution in [3.05, 3.63) is 54.4 Å². The fraction of sp³-hybridized carbons (Fsp3) is 0.304. The van der Waals surface area contributed by atoms with Gasteiger partial charge in [0.1, 0.15) is 11.4 Å². The second kappa shape index (κ2) is 7.89. The summed E-state index contributed by atoms with van der Waals surface area (Å²) in [5.41, 5.74) is 2.58. The molecule has 0 radical (unpaired) electrons. The van der Waals surface area contributed by atoms with E-state index in [1.54, 1.807) is 17.3 Å². The van der Waals surface area contributed by atoms with Crippen molar-refractivity contribution >= 4 is 40.8 Å². The number of fused-ring (bicyclic) bond motifs is 3. The first-order valence-corrected chi connectivity index (χ1v) is 11.1. The maximum atomic E-state index is 13.2. The smallest absolute Gasteiger partial charge is 0.271 e. The highest BCUT2D eigenvalue weighted by Crippen LogP contribution is 2.32. The number of piperazine rings is 1. The van der Waals surface area contributed by atoms with Crippen LogP contribution >= 0.6 is 0 Å². The molecule has 33 heavy (non-hydrogen) atoms. The number of rotatable bonds is 4. The molecule has 2 aromatic heterocycles. The number of benzene rings is 1. The maximum absolute atomic E-state index is 13.2. The summed E-state index contributed by atoms with van der Waals surface area (Å²) in [5.74, 6) is 2.13. The van der Waals surface area contributed by atoms with Gasteiger partial charge in [0.2, 0.25) is 11.9 Å². The number of carbonyl (C=O) groups is 1. The van der Waals surface area contributed by atoms with Gasteiger partial charge in [-0.2, -0.15) is 4.98 Å². The van der Waals surface area contributed by atoms with E-state index in [0.29, 0.717) is 42.2 Å². The molecular weight excluding hydrogens is 418 g/mol. The average molecular weight is 444 g/mol. The Morgan fingerprint density at radius 3 is 2.61 bits per heavy atom. The number of hydrogen-bond acceptors (Lipinski definition) is 8. The molecule has 10 nitrogen and oxygen atoms in total. The highest BCUT2D eigenvalue weighted by atomic mass is 16.2. The first-order chi connectivity index (χ1) is 16.2. The molecule has 0 saturated carbocycles. The van der Waals surface area contributed by atoms with E-state index in [0.717, 1.165) is 31.9 Å². The number of amides is 1. The average Bonchev–Trinajstić information content (AvgIpc) is 3.53. The van der Waals surface area contributed by atoms with Crippen LogP contribution in [0.1, 0.15) is 10.4 Å². The van der Waals surface area contributed by atoms with Crippen LogP contribution in [0.3, 0.4) is 0 Å². The highest BCUT2D eigenvalue weighted by molar-refractivity contribution is 6.31. The summed E-state index contributed by atoms with van der Waals surface area (Å²) in [5, 5.41) is 3.28. The van der Waals surface area contributed by atoms with Gasteiger partial charge in [0.25, 0.3) is 5.91 Å². The molecule has 0 atom stereocenters. The van der Waals surface area contributed by atoms with Crippen LogP contribution in [0.15, 0.2) is 53.8 Å². The molecule has 0 bridgehead atoms. The molecule has 1 saturated heterocycles. The Bertz CT molecular complexity index is 1200. The predicted molar refractivity (Wildman–Crippen MR) is 129 cm³/mol. The molecule has 10 heteroatoms. The molecule has 0 spiro atoms. The molecular formula is C23H25N9O. The van der Waals surface area contributed by atoms with Crippen molar-refractivity contribution in [1.29, 1.82) is 0 Å². The maximum Gasteiger partial charge on any atom is 0.271 e. The van der Waals surface area contributed by atoms with E-state index in [4.69, 9.17) is 0 Å². The Hall–Kier alpha value is -3.92. The van der Waals surface area contributed by atoms with Crippen LogP contribution in [0, 0.1) is 0 Å². The van der Waals surface area contributed by atoms with E-state index in [1.165, 1.54) is 5.69 Å². The second-order valence-electron chi connectivity index (χ2n) is 8.42. The van der Waals surface area contributed by atoms with Gasteiger partial charge in [0.05, 0.1) is 6.54 Å². The minimum Gasteiger partial charge on any atom is -0.369 e. The van der Waals surface area contributed by atoms with Crippen LogP contribution < -0.4 is 20.0 Å². The number of nitrogens with one attached hydrogen (secondary N) is 2. The largest absolute Gasteiger partial charge is 0.369 e. The zero-order chi connectivity index (χ0) is 22.4. The number of aromatic nitrogens is 3. The van der Waals surface area contributed by atoms with Crippen molar-refractivity contribution in [2.24, 2.45) is 4.99 Å². The third kappa shape index (κ3) is 3.48. The molecule has 1 aromatic carbocycles. The van der Waals surface area contributed by atoms with Gasteiger partial charge >= 0.3 is 0 Å². The van der Waals surface area contributed by atoms with E-state index in [2.05, 4.69) is 54.2 Å². The van der Waals surface area contributed by atoms with Crippen molar-refractivity contribution in [2.75, 3.05) is 66.3 Å². The van der Waals surface area contributed by atoms with Crippen molar-refractivity contribution in [1.82, 2.24) is 19.9 Å².